The van der Waals surface area contributed by atoms with Crippen LogP contribution in [0, 0.1) is 0 Å². The highest BCUT2D eigenvalue weighted by Crippen LogP contribution is 2.16. The van der Waals surface area contributed by atoms with Crippen LogP contribution in [0.25, 0.3) is 5.70 Å². The molecule has 1 aromatic carbocycles. The third-order valence-electron chi connectivity index (χ3n) is 4.21. The number of aromatic amines is 1. The number of pyridine rings is 2. The van der Waals surface area contributed by atoms with Crippen molar-refractivity contribution in [3.05, 3.63) is 89.9 Å². The number of H-pyrrole nitrogens is 1. The summed E-state index contributed by atoms with van der Waals surface area (Å²) in [5.41, 5.74) is 14.7. The fourth-order valence-electron chi connectivity index (χ4n) is 2.69. The van der Waals surface area contributed by atoms with Crippen molar-refractivity contribution in [2.24, 2.45) is 5.73 Å². The van der Waals surface area contributed by atoms with Gasteiger partial charge in [0.2, 0.25) is 0 Å². The zero-order valence-electron chi connectivity index (χ0n) is 15.5. The molecule has 0 unspecified atom stereocenters. The van der Waals surface area contributed by atoms with Crippen molar-refractivity contribution in [3.8, 4) is 5.75 Å². The summed E-state index contributed by atoms with van der Waals surface area (Å²) in [4.78, 5) is 19.3. The van der Waals surface area contributed by atoms with Gasteiger partial charge in [-0.15, -0.1) is 0 Å². The van der Waals surface area contributed by atoms with Crippen molar-refractivity contribution in [1.29, 1.82) is 0 Å². The molecule has 0 radical (unpaired) electrons. The molecule has 0 spiro atoms. The maximum Gasteiger partial charge on any atom is 0.279 e. The lowest BCUT2D eigenvalue weighted by atomic mass is 10.1. The smallest absolute Gasteiger partial charge is 0.279 e. The quantitative estimate of drug-likeness (QED) is 0.589. The Morgan fingerprint density at radius 3 is 2.64 bits per heavy atom. The lowest BCUT2D eigenvalue weighted by Gasteiger charge is -2.07. The molecule has 0 saturated heterocycles. The number of hydrogen-bond acceptors (Lipinski definition) is 5. The molecular formula is C22H23N4O2+. The van der Waals surface area contributed by atoms with E-state index in [1.165, 1.54) is 6.08 Å². The second kappa shape index (κ2) is 9.32. The highest BCUT2D eigenvalue weighted by atomic mass is 16.5. The van der Waals surface area contributed by atoms with Crippen molar-refractivity contribution in [1.82, 2.24) is 4.98 Å². The highest BCUT2D eigenvalue weighted by Gasteiger charge is 2.09. The lowest BCUT2D eigenvalue weighted by molar-refractivity contribution is -0.360. The third-order valence-corrected chi connectivity index (χ3v) is 4.21. The van der Waals surface area contributed by atoms with E-state index in [0.717, 1.165) is 17.0 Å². The van der Waals surface area contributed by atoms with Crippen LogP contribution in [-0.4, -0.2) is 10.8 Å². The Morgan fingerprint density at radius 1 is 1.11 bits per heavy atom. The first-order chi connectivity index (χ1) is 13.6. The van der Waals surface area contributed by atoms with Gasteiger partial charge in [-0.2, -0.15) is 0 Å². The van der Waals surface area contributed by atoms with Crippen LogP contribution in [0.15, 0.2) is 73.1 Å². The van der Waals surface area contributed by atoms with E-state index < -0.39 is 0 Å². The van der Waals surface area contributed by atoms with Gasteiger partial charge in [-0.05, 0) is 48.4 Å². The first kappa shape index (κ1) is 19.1. The molecule has 0 fully saturated rings. The predicted molar refractivity (Wildman–Crippen MR) is 108 cm³/mol. The van der Waals surface area contributed by atoms with Crippen molar-refractivity contribution in [2.75, 3.05) is 5.73 Å². The number of rotatable bonds is 8. The van der Waals surface area contributed by atoms with Gasteiger partial charge in [0.1, 0.15) is 12.4 Å². The summed E-state index contributed by atoms with van der Waals surface area (Å²) in [5, 5.41) is 0. The minimum absolute atomic E-state index is 0.0452. The molecule has 6 heteroatoms. The van der Waals surface area contributed by atoms with E-state index >= 15 is 0 Å². The first-order valence-electron chi connectivity index (χ1n) is 9.00. The third kappa shape index (κ3) is 5.41. The highest BCUT2D eigenvalue weighted by molar-refractivity contribution is 5.97. The Balaban J connectivity index is 1.51. The maximum absolute atomic E-state index is 12.2. The van der Waals surface area contributed by atoms with Crippen LogP contribution >= 0.6 is 0 Å². The van der Waals surface area contributed by atoms with Crippen molar-refractivity contribution < 1.29 is 14.5 Å². The molecular weight excluding hydrogens is 352 g/mol. The number of nitrogens with one attached hydrogen (secondary N) is 1. The summed E-state index contributed by atoms with van der Waals surface area (Å²) in [6.07, 6.45) is 5.87. The summed E-state index contributed by atoms with van der Waals surface area (Å²) in [5.74, 6) is 1.15. The minimum Gasteiger partial charge on any atom is -0.487 e. The van der Waals surface area contributed by atoms with E-state index in [-0.39, 0.29) is 5.78 Å². The molecule has 6 nitrogen and oxygen atoms in total. The van der Waals surface area contributed by atoms with Gasteiger partial charge >= 0.3 is 0 Å². The van der Waals surface area contributed by atoms with Crippen LogP contribution < -0.4 is 21.2 Å². The number of carbonyl (C=O) groups excluding carboxylic acids is 1. The number of nitrogens with zero attached hydrogens (tertiary/aromatic N) is 1. The van der Waals surface area contributed by atoms with Gasteiger partial charge in [-0.1, -0.05) is 18.2 Å². The monoisotopic (exact) mass is 375 g/mol. The zero-order valence-corrected chi connectivity index (χ0v) is 15.5. The molecule has 0 aliphatic carbocycles. The molecule has 0 aliphatic heterocycles. The van der Waals surface area contributed by atoms with Gasteiger partial charge in [0.25, 0.3) is 5.82 Å². The summed E-state index contributed by atoms with van der Waals surface area (Å²) in [7, 11) is 0. The number of aryl methyl sites for hydroxylation is 1. The predicted octanol–water partition coefficient (Wildman–Crippen LogP) is 2.56. The van der Waals surface area contributed by atoms with Crippen LogP contribution in [-0.2, 0) is 17.8 Å². The SMILES string of the molecule is NC(=CC(=O)CCc1ccc(OCc2ccccn2)cc1)c1ccc[nH+]c1N. The standard InChI is InChI=1S/C22H22N4O2/c23-21(20-5-3-13-26-22(20)24)14-18(27)9-6-16-7-10-19(11-8-16)28-15-17-4-1-2-12-25-17/h1-5,7-8,10-14H,6,9,15,23H2,(H2,24,26)/p+1. The molecule has 142 valence electrons. The fraction of sp³-hybridized carbons (Fsp3) is 0.136. The number of hydrogen-bond donors (Lipinski definition) is 2. The van der Waals surface area contributed by atoms with Crippen LogP contribution in [0.5, 0.6) is 5.75 Å². The largest absolute Gasteiger partial charge is 0.487 e. The molecule has 0 aliphatic rings. The van der Waals surface area contributed by atoms with Gasteiger partial charge in [-0.25, -0.2) is 4.98 Å². The fourth-order valence-corrected chi connectivity index (χ4v) is 2.69. The number of aromatic nitrogens is 2. The molecule has 0 atom stereocenters. The number of ketones is 1. The van der Waals surface area contributed by atoms with E-state index in [1.54, 1.807) is 24.5 Å². The summed E-state index contributed by atoms with van der Waals surface area (Å²) >= 11 is 0. The Hall–Kier alpha value is -3.67. The van der Waals surface area contributed by atoms with Crippen LogP contribution in [0.2, 0.25) is 0 Å². The van der Waals surface area contributed by atoms with E-state index in [0.29, 0.717) is 36.5 Å². The van der Waals surface area contributed by atoms with Crippen molar-refractivity contribution >= 4 is 17.3 Å². The second-order valence-corrected chi connectivity index (χ2v) is 6.32. The van der Waals surface area contributed by atoms with E-state index in [4.69, 9.17) is 16.2 Å². The number of nitrogen functional groups attached to an aromatic ring is 1. The molecule has 28 heavy (non-hydrogen) atoms. The number of allylic oxidation sites excluding steroid dienone is 1. The van der Waals surface area contributed by atoms with Gasteiger partial charge in [0.05, 0.1) is 23.2 Å². The normalized spacial score (nSPS) is 11.2. The number of ether oxygens (including phenoxy) is 1. The molecule has 3 aromatic rings. The average Bonchev–Trinajstić information content (AvgIpc) is 2.72. The van der Waals surface area contributed by atoms with Gasteiger partial charge in [0, 0.05) is 18.7 Å². The molecule has 5 N–H and O–H groups in total. The summed E-state index contributed by atoms with van der Waals surface area (Å²) in [6.45, 7) is 0.419. The summed E-state index contributed by atoms with van der Waals surface area (Å²) in [6, 6.07) is 17.0. The number of nitrogens with two attached hydrogens (primary N) is 2. The Bertz CT molecular complexity index is 954. The number of anilines is 1. The second-order valence-electron chi connectivity index (χ2n) is 6.32. The first-order valence-corrected chi connectivity index (χ1v) is 9.00. The number of benzene rings is 1. The lowest BCUT2D eigenvalue weighted by Crippen LogP contribution is -2.14. The van der Waals surface area contributed by atoms with Crippen LogP contribution in [0.1, 0.15) is 23.2 Å². The Labute approximate surface area is 163 Å². The topological polar surface area (TPSA) is 105 Å². The van der Waals surface area contributed by atoms with Crippen LogP contribution in [0.3, 0.4) is 0 Å². The summed E-state index contributed by atoms with van der Waals surface area (Å²) < 4.78 is 5.72. The Kier molecular flexibility index (Phi) is 6.36. The van der Waals surface area contributed by atoms with Gasteiger partial charge < -0.3 is 10.5 Å². The minimum atomic E-state index is -0.0452. The average molecular weight is 375 g/mol. The molecule has 0 amide bonds. The van der Waals surface area contributed by atoms with Gasteiger partial charge in [0.15, 0.2) is 5.78 Å². The van der Waals surface area contributed by atoms with E-state index in [2.05, 4.69) is 9.97 Å². The molecule has 2 heterocycles. The maximum atomic E-state index is 12.2. The van der Waals surface area contributed by atoms with E-state index in [9.17, 15) is 4.79 Å². The van der Waals surface area contributed by atoms with Crippen LogP contribution in [0.4, 0.5) is 5.82 Å². The molecule has 0 bridgehead atoms. The van der Waals surface area contributed by atoms with E-state index in [1.807, 2.05) is 42.5 Å². The molecule has 0 saturated carbocycles. The van der Waals surface area contributed by atoms with Crippen molar-refractivity contribution in [3.63, 3.8) is 0 Å². The zero-order chi connectivity index (χ0) is 19.8. The Morgan fingerprint density at radius 2 is 1.93 bits per heavy atom. The molecule has 3 rings (SSSR count). The van der Waals surface area contributed by atoms with Gasteiger partial charge in [-0.3, -0.25) is 15.5 Å². The van der Waals surface area contributed by atoms with Crippen molar-refractivity contribution in [2.45, 2.75) is 19.4 Å². The molecule has 2 aromatic heterocycles. The number of carbonyl (C=O) groups is 1.